The quantitative estimate of drug-likeness (QED) is 0.615. The molecule has 0 amide bonds. The van der Waals surface area contributed by atoms with Gasteiger partial charge in [0.1, 0.15) is 15.5 Å². The Balaban J connectivity index is 1.42. The van der Waals surface area contributed by atoms with Crippen LogP contribution in [0.15, 0.2) is 30.8 Å². The first kappa shape index (κ1) is 19.2. The molecule has 4 heterocycles. The molecule has 0 unspecified atom stereocenters. The molecule has 0 saturated carbocycles. The lowest BCUT2D eigenvalue weighted by molar-refractivity contribution is 0.267. The highest BCUT2D eigenvalue weighted by Crippen LogP contribution is 2.26. The van der Waals surface area contributed by atoms with Gasteiger partial charge in [-0.3, -0.25) is 4.90 Å². The van der Waals surface area contributed by atoms with E-state index in [4.69, 9.17) is 9.05 Å². The van der Waals surface area contributed by atoms with Crippen LogP contribution in [0.25, 0.3) is 11.5 Å². The fourth-order valence-electron chi connectivity index (χ4n) is 3.29. The number of nitrogens with zero attached hydrogens (tertiary/aromatic N) is 5. The molecule has 0 N–H and O–H groups in total. The molecule has 0 spiro atoms. The summed E-state index contributed by atoms with van der Waals surface area (Å²) in [5.74, 6) is 1.59. The van der Waals surface area contributed by atoms with E-state index < -0.39 is 10.0 Å². The highest BCUT2D eigenvalue weighted by molar-refractivity contribution is 7.91. The van der Waals surface area contributed by atoms with E-state index in [2.05, 4.69) is 20.2 Å². The van der Waals surface area contributed by atoms with Crippen molar-refractivity contribution in [2.75, 3.05) is 26.2 Å². The van der Waals surface area contributed by atoms with Crippen molar-refractivity contribution >= 4 is 21.4 Å². The molecule has 4 rings (SSSR count). The molecule has 150 valence electrons. The van der Waals surface area contributed by atoms with Crippen molar-refractivity contribution in [1.29, 1.82) is 0 Å². The Kier molecular flexibility index (Phi) is 5.32. The Morgan fingerprint density at radius 3 is 2.71 bits per heavy atom. The zero-order chi connectivity index (χ0) is 19.7. The normalized spacial score (nSPS) is 17.1. The predicted molar refractivity (Wildman–Crippen MR) is 102 cm³/mol. The Hall–Kier alpha value is -2.08. The number of aromatic nitrogens is 3. The smallest absolute Gasteiger partial charge is 0.263 e. The molecule has 1 saturated heterocycles. The third-order valence-electron chi connectivity index (χ3n) is 4.72. The maximum Gasteiger partial charge on any atom is 0.263 e. The lowest BCUT2D eigenvalue weighted by Gasteiger charge is -2.20. The summed E-state index contributed by atoms with van der Waals surface area (Å²) in [6.45, 7) is 6.46. The van der Waals surface area contributed by atoms with Gasteiger partial charge in [0, 0.05) is 19.6 Å². The van der Waals surface area contributed by atoms with Gasteiger partial charge < -0.3 is 9.05 Å². The summed E-state index contributed by atoms with van der Waals surface area (Å²) >= 11 is 1.25. The van der Waals surface area contributed by atoms with E-state index in [0.29, 0.717) is 53.6 Å². The summed E-state index contributed by atoms with van der Waals surface area (Å²) in [5, 5.41) is 9.75. The van der Waals surface area contributed by atoms with Crippen LogP contribution in [0.5, 0.6) is 0 Å². The van der Waals surface area contributed by atoms with Gasteiger partial charge >= 0.3 is 0 Å². The molecule has 28 heavy (non-hydrogen) atoms. The Labute approximate surface area is 167 Å². The highest BCUT2D eigenvalue weighted by Gasteiger charge is 2.28. The maximum atomic E-state index is 12.7. The van der Waals surface area contributed by atoms with E-state index in [9.17, 15) is 8.42 Å². The highest BCUT2D eigenvalue weighted by atomic mass is 32.2. The van der Waals surface area contributed by atoms with E-state index in [1.807, 2.05) is 6.92 Å². The molecule has 3 aromatic rings. The molecule has 3 aromatic heterocycles. The molecule has 0 bridgehead atoms. The van der Waals surface area contributed by atoms with Crippen molar-refractivity contribution in [2.24, 2.45) is 0 Å². The third kappa shape index (κ3) is 3.75. The van der Waals surface area contributed by atoms with Crippen LogP contribution < -0.4 is 0 Å². The molecule has 0 atom stereocenters. The predicted octanol–water partition coefficient (Wildman–Crippen LogP) is 2.30. The molecule has 0 radical (unpaired) electrons. The first-order valence-electron chi connectivity index (χ1n) is 8.97. The summed E-state index contributed by atoms with van der Waals surface area (Å²) in [5.41, 5.74) is 1.43. The van der Waals surface area contributed by atoms with Crippen molar-refractivity contribution in [3.63, 3.8) is 0 Å². The lowest BCUT2D eigenvalue weighted by atomic mass is 10.2. The summed E-state index contributed by atoms with van der Waals surface area (Å²) < 4.78 is 37.9. The van der Waals surface area contributed by atoms with Gasteiger partial charge in [-0.2, -0.15) is 9.29 Å². The van der Waals surface area contributed by atoms with Crippen LogP contribution in [0.2, 0.25) is 0 Å². The van der Waals surface area contributed by atoms with Gasteiger partial charge in [-0.25, -0.2) is 8.42 Å². The second kappa shape index (κ2) is 7.74. The van der Waals surface area contributed by atoms with Crippen LogP contribution in [0.1, 0.15) is 23.7 Å². The number of hydrogen-bond acceptors (Lipinski definition) is 9. The topological polar surface area (TPSA) is 106 Å². The standard InChI is InChI=1S/C17H21N5O4S2/c1-12-16(13(2)25-19-12)17-18-14(20-26-17)11-21-6-4-7-22(9-8-21)28(23,24)15-5-3-10-27-15/h3,5,10H,4,6-9,11H2,1-2H3. The van der Waals surface area contributed by atoms with Crippen molar-refractivity contribution in [2.45, 2.75) is 31.0 Å². The number of hydrogen-bond donors (Lipinski definition) is 0. The number of sulfonamides is 1. The van der Waals surface area contributed by atoms with Crippen molar-refractivity contribution in [3.8, 4) is 11.5 Å². The van der Waals surface area contributed by atoms with E-state index in [-0.39, 0.29) is 0 Å². The molecule has 1 aliphatic rings. The fraction of sp³-hybridized carbons (Fsp3) is 0.471. The third-order valence-corrected chi connectivity index (χ3v) is 7.99. The molecule has 1 aliphatic heterocycles. The SMILES string of the molecule is Cc1noc(C)c1-c1nc(CN2CCCN(S(=O)(=O)c3cccs3)CC2)no1. The lowest BCUT2D eigenvalue weighted by Crippen LogP contribution is -2.34. The van der Waals surface area contributed by atoms with Crippen LogP contribution in [0.3, 0.4) is 0 Å². The summed E-state index contributed by atoms with van der Waals surface area (Å²) in [6.07, 6.45) is 0.749. The number of aryl methyl sites for hydroxylation is 2. The van der Waals surface area contributed by atoms with Crippen molar-refractivity contribution in [1.82, 2.24) is 24.5 Å². The number of rotatable bonds is 5. The number of thiophene rings is 1. The van der Waals surface area contributed by atoms with Gasteiger partial charge in [0.05, 0.1) is 12.2 Å². The van der Waals surface area contributed by atoms with Crippen LogP contribution >= 0.6 is 11.3 Å². The minimum Gasteiger partial charge on any atom is -0.361 e. The first-order valence-corrected chi connectivity index (χ1v) is 11.3. The Morgan fingerprint density at radius 1 is 1.14 bits per heavy atom. The molecule has 1 fully saturated rings. The molecular weight excluding hydrogens is 402 g/mol. The van der Waals surface area contributed by atoms with Gasteiger partial charge in [-0.1, -0.05) is 16.4 Å². The second-order valence-electron chi connectivity index (χ2n) is 6.68. The largest absolute Gasteiger partial charge is 0.361 e. The van der Waals surface area contributed by atoms with Gasteiger partial charge in [-0.15, -0.1) is 11.3 Å². The van der Waals surface area contributed by atoms with E-state index in [0.717, 1.165) is 18.5 Å². The summed E-state index contributed by atoms with van der Waals surface area (Å²) in [4.78, 5) is 6.60. The monoisotopic (exact) mass is 423 g/mol. The molecule has 9 nitrogen and oxygen atoms in total. The van der Waals surface area contributed by atoms with Gasteiger partial charge in [0.15, 0.2) is 5.82 Å². The minimum atomic E-state index is -3.42. The summed E-state index contributed by atoms with van der Waals surface area (Å²) in [7, 11) is -3.42. The van der Waals surface area contributed by atoms with Crippen molar-refractivity contribution < 1.29 is 17.5 Å². The van der Waals surface area contributed by atoms with Crippen molar-refractivity contribution in [3.05, 3.63) is 34.8 Å². The zero-order valence-corrected chi connectivity index (χ0v) is 17.3. The fourth-order valence-corrected chi connectivity index (χ4v) is 5.91. The molecule has 11 heteroatoms. The average Bonchev–Trinajstić information content (AvgIpc) is 3.36. The van der Waals surface area contributed by atoms with E-state index in [1.165, 1.54) is 11.3 Å². The van der Waals surface area contributed by atoms with Crippen LogP contribution in [-0.2, 0) is 16.6 Å². The molecule has 0 aliphatic carbocycles. The van der Waals surface area contributed by atoms with Gasteiger partial charge in [0.2, 0.25) is 0 Å². The average molecular weight is 424 g/mol. The Bertz CT molecular complexity index is 1020. The zero-order valence-electron chi connectivity index (χ0n) is 15.7. The molecule has 0 aromatic carbocycles. The van der Waals surface area contributed by atoms with E-state index >= 15 is 0 Å². The Morgan fingerprint density at radius 2 is 2.00 bits per heavy atom. The van der Waals surface area contributed by atoms with Crippen LogP contribution in [0.4, 0.5) is 0 Å². The van der Waals surface area contributed by atoms with Crippen LogP contribution in [0, 0.1) is 13.8 Å². The van der Waals surface area contributed by atoms with Crippen LogP contribution in [-0.4, -0.2) is 59.1 Å². The minimum absolute atomic E-state index is 0.392. The maximum absolute atomic E-state index is 12.7. The van der Waals surface area contributed by atoms with Gasteiger partial charge in [-0.05, 0) is 38.3 Å². The van der Waals surface area contributed by atoms with E-state index in [1.54, 1.807) is 28.7 Å². The second-order valence-corrected chi connectivity index (χ2v) is 9.79. The first-order chi connectivity index (χ1) is 13.4. The molecular formula is C17H21N5O4S2. The summed E-state index contributed by atoms with van der Waals surface area (Å²) in [6, 6.07) is 3.41. The van der Waals surface area contributed by atoms with Gasteiger partial charge in [0.25, 0.3) is 15.9 Å².